The van der Waals surface area contributed by atoms with Crippen LogP contribution in [0, 0.1) is 5.41 Å². The van der Waals surface area contributed by atoms with Gasteiger partial charge in [-0.1, -0.05) is 0 Å². The zero-order chi connectivity index (χ0) is 15.6. The molecule has 1 aromatic heterocycles. The van der Waals surface area contributed by atoms with Gasteiger partial charge >= 0.3 is 6.18 Å². The number of nitrogens with zero attached hydrogens (tertiary/aromatic N) is 2. The molecule has 7 heteroatoms. The Kier molecular flexibility index (Phi) is 4.39. The van der Waals surface area contributed by atoms with Crippen LogP contribution in [0.5, 0.6) is 0 Å². The summed E-state index contributed by atoms with van der Waals surface area (Å²) in [7, 11) is 0. The Morgan fingerprint density at radius 1 is 1.38 bits per heavy atom. The van der Waals surface area contributed by atoms with Crippen molar-refractivity contribution in [2.45, 2.75) is 38.8 Å². The molecule has 0 fully saturated rings. The lowest BCUT2D eigenvalue weighted by Crippen LogP contribution is -2.36. The minimum absolute atomic E-state index is 0.158. The van der Waals surface area contributed by atoms with Crippen LogP contribution in [0.4, 0.5) is 19.0 Å². The zero-order valence-electron chi connectivity index (χ0n) is 11.9. The van der Waals surface area contributed by atoms with Crippen LogP contribution in [0.1, 0.15) is 36.6 Å². The molecule has 0 saturated carbocycles. The third-order valence-electron chi connectivity index (χ3n) is 3.62. The molecule has 0 atom stereocenters. The first-order valence-electron chi connectivity index (χ1n) is 7.00. The Morgan fingerprint density at radius 3 is 2.62 bits per heavy atom. The number of hydrogen-bond acceptors (Lipinski definition) is 3. The highest BCUT2D eigenvalue weighted by molar-refractivity contribution is 5.99. The van der Waals surface area contributed by atoms with Gasteiger partial charge in [-0.15, -0.1) is 0 Å². The number of halogens is 3. The molecule has 0 bridgehead atoms. The summed E-state index contributed by atoms with van der Waals surface area (Å²) in [5.41, 5.74) is 7.67. The van der Waals surface area contributed by atoms with Crippen LogP contribution in [-0.4, -0.2) is 30.1 Å². The second-order valence-corrected chi connectivity index (χ2v) is 5.22. The number of hydrogen-bond donors (Lipinski definition) is 2. The molecule has 1 heterocycles. The van der Waals surface area contributed by atoms with E-state index in [1.807, 2.05) is 0 Å². The van der Waals surface area contributed by atoms with Crippen LogP contribution < -0.4 is 10.6 Å². The number of aryl methyl sites for hydroxylation is 2. The van der Waals surface area contributed by atoms with Gasteiger partial charge in [0.1, 0.15) is 18.2 Å². The van der Waals surface area contributed by atoms with Gasteiger partial charge in [-0.25, -0.2) is 4.98 Å². The second-order valence-electron chi connectivity index (χ2n) is 5.22. The van der Waals surface area contributed by atoms with Gasteiger partial charge in [-0.3, -0.25) is 5.41 Å². The summed E-state index contributed by atoms with van der Waals surface area (Å²) in [6.45, 7) is 0.706. The Hall–Kier alpha value is -1.79. The van der Waals surface area contributed by atoms with Crippen molar-refractivity contribution < 1.29 is 13.2 Å². The average molecular weight is 300 g/mol. The molecule has 2 rings (SSSR count). The Bertz CT molecular complexity index is 540. The monoisotopic (exact) mass is 300 g/mol. The number of rotatable bonds is 4. The summed E-state index contributed by atoms with van der Waals surface area (Å²) >= 11 is 0. The van der Waals surface area contributed by atoms with Gasteiger partial charge in [0, 0.05) is 12.2 Å². The highest BCUT2D eigenvalue weighted by Gasteiger charge is 2.32. The minimum Gasteiger partial charge on any atom is -0.384 e. The van der Waals surface area contributed by atoms with E-state index >= 15 is 0 Å². The van der Waals surface area contributed by atoms with Crippen LogP contribution in [0.2, 0.25) is 0 Å². The number of nitrogen functional groups attached to an aromatic ring is 1. The summed E-state index contributed by atoms with van der Waals surface area (Å²) in [5, 5.41) is 7.62. The van der Waals surface area contributed by atoms with Crippen LogP contribution in [0.25, 0.3) is 0 Å². The van der Waals surface area contributed by atoms with E-state index in [-0.39, 0.29) is 18.2 Å². The topological polar surface area (TPSA) is 66.0 Å². The Morgan fingerprint density at radius 2 is 2.05 bits per heavy atom. The Labute approximate surface area is 121 Å². The molecule has 1 aliphatic carbocycles. The number of fused-ring (bicyclic) bond motifs is 1. The highest BCUT2D eigenvalue weighted by Crippen LogP contribution is 2.28. The van der Waals surface area contributed by atoms with Crippen molar-refractivity contribution in [2.75, 3.05) is 18.0 Å². The standard InChI is InChI=1S/C14H19F3N4/c1-2-21(8-14(15,16)17)13-10(12(18)19)7-9-5-3-4-6-11(9)20-13/h7H,2-6,8H2,1H3,(H3,18,19). The number of amidine groups is 1. The maximum atomic E-state index is 12.7. The molecule has 0 saturated heterocycles. The lowest BCUT2D eigenvalue weighted by molar-refractivity contribution is -0.119. The minimum atomic E-state index is -4.32. The van der Waals surface area contributed by atoms with Crippen LogP contribution in [0.15, 0.2) is 6.07 Å². The predicted molar refractivity (Wildman–Crippen MR) is 75.8 cm³/mol. The first kappa shape index (κ1) is 15.6. The maximum Gasteiger partial charge on any atom is 0.405 e. The van der Waals surface area contributed by atoms with Gasteiger partial charge in [-0.05, 0) is 44.2 Å². The van der Waals surface area contributed by atoms with Crippen molar-refractivity contribution in [2.24, 2.45) is 5.73 Å². The summed E-state index contributed by atoms with van der Waals surface area (Å²) in [6, 6.07) is 1.73. The third-order valence-corrected chi connectivity index (χ3v) is 3.62. The molecule has 21 heavy (non-hydrogen) atoms. The summed E-state index contributed by atoms with van der Waals surface area (Å²) in [5.74, 6) is -0.0746. The first-order valence-corrected chi connectivity index (χ1v) is 7.00. The normalized spacial score (nSPS) is 14.7. The van der Waals surface area contributed by atoms with Gasteiger partial charge in [0.2, 0.25) is 0 Å². The largest absolute Gasteiger partial charge is 0.405 e. The van der Waals surface area contributed by atoms with Crippen molar-refractivity contribution in [1.82, 2.24) is 4.98 Å². The molecule has 0 aromatic carbocycles. The number of nitrogens with one attached hydrogen (secondary N) is 1. The highest BCUT2D eigenvalue weighted by atomic mass is 19.4. The number of aromatic nitrogens is 1. The van der Waals surface area contributed by atoms with Crippen molar-refractivity contribution in [3.05, 3.63) is 22.9 Å². The van der Waals surface area contributed by atoms with Crippen LogP contribution in [-0.2, 0) is 12.8 Å². The number of pyridine rings is 1. The Balaban J connectivity index is 2.46. The van der Waals surface area contributed by atoms with Crippen molar-refractivity contribution in [3.8, 4) is 0 Å². The number of nitrogens with two attached hydrogens (primary N) is 1. The predicted octanol–water partition coefficient (Wildman–Crippen LogP) is 2.63. The average Bonchev–Trinajstić information content (AvgIpc) is 2.42. The molecule has 116 valence electrons. The molecule has 1 aliphatic rings. The van der Waals surface area contributed by atoms with Crippen LogP contribution in [0.3, 0.4) is 0 Å². The fraction of sp³-hybridized carbons (Fsp3) is 0.571. The second kappa shape index (κ2) is 5.91. The molecular formula is C14H19F3N4. The van der Waals surface area contributed by atoms with E-state index in [0.717, 1.165) is 41.8 Å². The fourth-order valence-electron chi connectivity index (χ4n) is 2.61. The van der Waals surface area contributed by atoms with Gasteiger partial charge in [-0.2, -0.15) is 13.2 Å². The molecule has 0 amide bonds. The van der Waals surface area contributed by atoms with E-state index in [2.05, 4.69) is 4.98 Å². The molecule has 4 nitrogen and oxygen atoms in total. The fourth-order valence-corrected chi connectivity index (χ4v) is 2.61. The van der Waals surface area contributed by atoms with Crippen molar-refractivity contribution in [1.29, 1.82) is 5.41 Å². The summed E-state index contributed by atoms with van der Waals surface area (Å²) < 4.78 is 38.1. The smallest absolute Gasteiger partial charge is 0.384 e. The van der Waals surface area contributed by atoms with Gasteiger partial charge in [0.15, 0.2) is 0 Å². The zero-order valence-corrected chi connectivity index (χ0v) is 11.9. The van der Waals surface area contributed by atoms with E-state index in [0.29, 0.717) is 5.56 Å². The summed E-state index contributed by atoms with van der Waals surface area (Å²) in [4.78, 5) is 5.53. The van der Waals surface area contributed by atoms with Crippen LogP contribution >= 0.6 is 0 Å². The molecule has 0 spiro atoms. The molecule has 0 unspecified atom stereocenters. The van der Waals surface area contributed by atoms with Crippen molar-refractivity contribution >= 4 is 11.7 Å². The molecule has 1 aromatic rings. The maximum absolute atomic E-state index is 12.7. The van der Waals surface area contributed by atoms with Gasteiger partial charge in [0.05, 0.1) is 5.56 Å². The third kappa shape index (κ3) is 3.65. The van der Waals surface area contributed by atoms with E-state index in [4.69, 9.17) is 11.1 Å². The molecule has 0 aliphatic heterocycles. The van der Waals surface area contributed by atoms with Gasteiger partial charge < -0.3 is 10.6 Å². The molecule has 0 radical (unpaired) electrons. The van der Waals surface area contributed by atoms with E-state index in [1.165, 1.54) is 0 Å². The van der Waals surface area contributed by atoms with E-state index in [9.17, 15) is 13.2 Å². The van der Waals surface area contributed by atoms with Gasteiger partial charge in [0.25, 0.3) is 0 Å². The van der Waals surface area contributed by atoms with E-state index < -0.39 is 12.7 Å². The van der Waals surface area contributed by atoms with E-state index in [1.54, 1.807) is 13.0 Å². The lowest BCUT2D eigenvalue weighted by Gasteiger charge is -2.27. The number of anilines is 1. The van der Waals surface area contributed by atoms with Crippen molar-refractivity contribution in [3.63, 3.8) is 0 Å². The lowest BCUT2D eigenvalue weighted by atomic mass is 9.94. The summed E-state index contributed by atoms with van der Waals surface area (Å²) in [6.07, 6.45) is -0.685. The number of alkyl halides is 3. The quantitative estimate of drug-likeness (QED) is 0.663. The molecule has 3 N–H and O–H groups in total. The molecular weight excluding hydrogens is 281 g/mol. The SMILES string of the molecule is CCN(CC(F)(F)F)c1nc2c(cc1C(=N)N)CCCC2. The first-order chi connectivity index (χ1) is 9.81.